The first-order valence-electron chi connectivity index (χ1n) is 7.99. The Hall–Kier alpha value is -0.780. The summed E-state index contributed by atoms with van der Waals surface area (Å²) < 4.78 is 16.3. The molecule has 1 aliphatic carbocycles. The molecule has 10 atom stereocenters. The highest BCUT2D eigenvalue weighted by molar-refractivity contribution is 5.14. The lowest BCUT2D eigenvalue weighted by Crippen LogP contribution is -2.60. The van der Waals surface area contributed by atoms with Gasteiger partial charge in [-0.05, 0) is 12.5 Å². The average Bonchev–Trinajstić information content (AvgIpc) is 2.86. The van der Waals surface area contributed by atoms with Crippen LogP contribution in [-0.4, -0.2) is 86.4 Å². The molecule has 1 saturated heterocycles. The van der Waals surface area contributed by atoms with E-state index in [2.05, 4.69) is 0 Å². The van der Waals surface area contributed by atoms with Crippen molar-refractivity contribution in [3.05, 3.63) is 11.8 Å². The van der Waals surface area contributed by atoms with E-state index in [0.717, 1.165) is 5.57 Å². The van der Waals surface area contributed by atoms with E-state index in [1.807, 2.05) is 0 Å². The van der Waals surface area contributed by atoms with Crippen molar-refractivity contribution in [3.63, 3.8) is 0 Å². The van der Waals surface area contributed by atoms with Gasteiger partial charge in [0.05, 0.1) is 31.0 Å². The molecule has 0 bridgehead atoms. The first-order valence-corrected chi connectivity index (χ1v) is 7.99. The Kier molecular flexibility index (Phi) is 5.14. The highest BCUT2D eigenvalue weighted by Crippen LogP contribution is 2.44. The number of aliphatic hydroxyl groups excluding tert-OH is 6. The summed E-state index contributed by atoms with van der Waals surface area (Å²) in [5.41, 5.74) is 0.776. The van der Waals surface area contributed by atoms with Gasteiger partial charge in [-0.1, -0.05) is 0 Å². The quantitative estimate of drug-likeness (QED) is 0.323. The molecule has 0 amide bonds. The van der Waals surface area contributed by atoms with Crippen molar-refractivity contribution in [1.82, 2.24) is 0 Å². The molecule has 10 unspecified atom stereocenters. The fourth-order valence-corrected chi connectivity index (χ4v) is 3.78. The van der Waals surface area contributed by atoms with Crippen molar-refractivity contribution >= 4 is 0 Å². The minimum Gasteiger partial charge on any atom is -0.472 e. The molecule has 2 heterocycles. The monoisotopic (exact) mass is 348 g/mol. The number of fused-ring (bicyclic) bond motifs is 1. The van der Waals surface area contributed by atoms with Gasteiger partial charge in [0.15, 0.2) is 6.29 Å². The van der Waals surface area contributed by atoms with E-state index in [1.54, 1.807) is 6.92 Å². The summed E-state index contributed by atoms with van der Waals surface area (Å²) in [5.74, 6) is -0.902. The maximum absolute atomic E-state index is 10.2. The maximum Gasteiger partial charge on any atom is 0.207 e. The predicted octanol–water partition coefficient (Wildman–Crippen LogP) is -2.58. The van der Waals surface area contributed by atoms with Gasteiger partial charge in [-0.3, -0.25) is 0 Å². The molecule has 2 aliphatic heterocycles. The van der Waals surface area contributed by atoms with Gasteiger partial charge in [0.1, 0.15) is 24.4 Å². The zero-order valence-corrected chi connectivity index (χ0v) is 13.2. The van der Waals surface area contributed by atoms with Gasteiger partial charge in [-0.15, -0.1) is 0 Å². The second-order valence-electron chi connectivity index (χ2n) is 6.67. The van der Waals surface area contributed by atoms with Crippen molar-refractivity contribution in [1.29, 1.82) is 0 Å². The lowest BCUT2D eigenvalue weighted by Gasteiger charge is -2.43. The lowest BCUT2D eigenvalue weighted by atomic mass is 9.86. The van der Waals surface area contributed by atoms with Gasteiger partial charge >= 0.3 is 0 Å². The molecule has 9 heteroatoms. The van der Waals surface area contributed by atoms with Gasteiger partial charge in [0, 0.05) is 12.3 Å². The van der Waals surface area contributed by atoms with Gasteiger partial charge in [-0.25, -0.2) is 0 Å². The zero-order chi connectivity index (χ0) is 17.6. The van der Waals surface area contributed by atoms with Crippen LogP contribution < -0.4 is 0 Å². The van der Waals surface area contributed by atoms with E-state index < -0.39 is 61.7 Å². The van der Waals surface area contributed by atoms with E-state index in [4.69, 9.17) is 14.2 Å². The Morgan fingerprint density at radius 2 is 1.75 bits per heavy atom. The molecule has 3 rings (SSSR count). The molecule has 0 spiro atoms. The molecular formula is C15H24O9. The fraction of sp³-hybridized carbons (Fsp3) is 0.867. The minimum atomic E-state index is -1.56. The van der Waals surface area contributed by atoms with Crippen LogP contribution in [-0.2, 0) is 14.2 Å². The average molecular weight is 348 g/mol. The molecule has 0 aromatic rings. The minimum absolute atomic E-state index is 0.179. The molecule has 6 N–H and O–H groups in total. The van der Waals surface area contributed by atoms with Crippen molar-refractivity contribution in [3.8, 4) is 0 Å². The molecule has 24 heavy (non-hydrogen) atoms. The number of hydrogen-bond acceptors (Lipinski definition) is 9. The van der Waals surface area contributed by atoms with E-state index in [-0.39, 0.29) is 12.3 Å². The molecule has 138 valence electrons. The molecule has 9 nitrogen and oxygen atoms in total. The van der Waals surface area contributed by atoms with Crippen molar-refractivity contribution in [2.75, 3.05) is 6.61 Å². The van der Waals surface area contributed by atoms with Crippen molar-refractivity contribution < 1.29 is 44.8 Å². The number of hydrogen-bond donors (Lipinski definition) is 6. The summed E-state index contributed by atoms with van der Waals surface area (Å²) in [4.78, 5) is 0. The lowest BCUT2D eigenvalue weighted by molar-refractivity contribution is -0.343. The van der Waals surface area contributed by atoms with Crippen LogP contribution in [0, 0.1) is 11.8 Å². The number of aliphatic hydroxyl groups is 6. The van der Waals surface area contributed by atoms with Crippen LogP contribution in [0.2, 0.25) is 0 Å². The molecule has 0 aromatic heterocycles. The first kappa shape index (κ1) is 18.0. The van der Waals surface area contributed by atoms with Crippen LogP contribution in [0.1, 0.15) is 13.3 Å². The van der Waals surface area contributed by atoms with Gasteiger partial charge in [0.2, 0.25) is 6.29 Å². The first-order chi connectivity index (χ1) is 11.3. The fourth-order valence-electron chi connectivity index (χ4n) is 3.78. The van der Waals surface area contributed by atoms with E-state index >= 15 is 0 Å². The second-order valence-corrected chi connectivity index (χ2v) is 6.67. The van der Waals surface area contributed by atoms with E-state index in [9.17, 15) is 30.6 Å². The summed E-state index contributed by atoms with van der Waals surface area (Å²) in [5, 5.41) is 59.1. The summed E-state index contributed by atoms with van der Waals surface area (Å²) in [7, 11) is 0. The van der Waals surface area contributed by atoms with Crippen LogP contribution in [0.5, 0.6) is 0 Å². The summed E-state index contributed by atoms with van der Waals surface area (Å²) in [6, 6.07) is 0. The number of rotatable bonds is 3. The van der Waals surface area contributed by atoms with Gasteiger partial charge in [-0.2, -0.15) is 0 Å². The zero-order valence-electron chi connectivity index (χ0n) is 13.2. The third-order valence-corrected chi connectivity index (χ3v) is 5.10. The Morgan fingerprint density at radius 1 is 1.04 bits per heavy atom. The van der Waals surface area contributed by atoms with Crippen molar-refractivity contribution in [2.24, 2.45) is 11.8 Å². The Labute approximate surface area is 138 Å². The highest BCUT2D eigenvalue weighted by Gasteiger charge is 2.52. The summed E-state index contributed by atoms with van der Waals surface area (Å²) in [6.07, 6.45) is -8.04. The SMILES string of the molecule is CC1=COC(OC2OC(CO)C(O)C(O)C2O)C2C(O)CC(O)C12. The molecule has 3 aliphatic rings. The smallest absolute Gasteiger partial charge is 0.207 e. The molecule has 2 fully saturated rings. The van der Waals surface area contributed by atoms with E-state index in [0.29, 0.717) is 0 Å². The normalized spacial score (nSPS) is 51.7. The molecule has 1 saturated carbocycles. The van der Waals surface area contributed by atoms with Crippen LogP contribution >= 0.6 is 0 Å². The number of ether oxygens (including phenoxy) is 3. The van der Waals surface area contributed by atoms with Crippen molar-refractivity contribution in [2.45, 2.75) is 62.5 Å². The third kappa shape index (κ3) is 2.95. The molecule has 0 aromatic carbocycles. The predicted molar refractivity (Wildman–Crippen MR) is 77.1 cm³/mol. The summed E-state index contributed by atoms with van der Waals surface area (Å²) >= 11 is 0. The van der Waals surface area contributed by atoms with Gasteiger partial charge < -0.3 is 44.8 Å². The van der Waals surface area contributed by atoms with Crippen LogP contribution in [0.4, 0.5) is 0 Å². The molecular weight excluding hydrogens is 324 g/mol. The Bertz CT molecular complexity index is 482. The topological polar surface area (TPSA) is 149 Å². The Morgan fingerprint density at radius 3 is 2.42 bits per heavy atom. The van der Waals surface area contributed by atoms with Gasteiger partial charge in [0.25, 0.3) is 0 Å². The highest BCUT2D eigenvalue weighted by atomic mass is 16.8. The van der Waals surface area contributed by atoms with Crippen LogP contribution in [0.15, 0.2) is 11.8 Å². The standard InChI is InChI=1S/C15H24O9/c1-5-4-22-14(10-7(18)2-6(17)9(5)10)24-15-13(21)12(20)11(19)8(3-16)23-15/h4,6-21H,2-3H2,1H3. The third-order valence-electron chi connectivity index (χ3n) is 5.10. The maximum atomic E-state index is 10.2. The largest absolute Gasteiger partial charge is 0.472 e. The second kappa shape index (κ2) is 6.85. The van der Waals surface area contributed by atoms with Crippen LogP contribution in [0.3, 0.4) is 0 Å². The van der Waals surface area contributed by atoms with Crippen LogP contribution in [0.25, 0.3) is 0 Å². The molecule has 0 radical (unpaired) electrons. The Balaban J connectivity index is 1.75. The summed E-state index contributed by atoms with van der Waals surface area (Å²) in [6.45, 7) is 1.21. The van der Waals surface area contributed by atoms with E-state index in [1.165, 1.54) is 6.26 Å².